The standard InChI is InChI=1S/C17H18N6O/c18-17-13-10-23(7-1-2-8-24)22-16(13)12-4-3-11(9-15(12)20-17)14-5-6-19-21-14/h3-6,9-10,24H,1-2,7-8H2,(H2,18,20)(H,19,21). The fraction of sp³-hybridized carbons (Fsp3) is 0.235. The molecule has 0 unspecified atom stereocenters. The molecule has 122 valence electrons. The first-order valence-corrected chi connectivity index (χ1v) is 7.93. The van der Waals surface area contributed by atoms with Gasteiger partial charge in [0, 0.05) is 36.5 Å². The first kappa shape index (κ1) is 14.6. The summed E-state index contributed by atoms with van der Waals surface area (Å²) in [7, 11) is 0. The number of aromatic nitrogens is 5. The lowest BCUT2D eigenvalue weighted by atomic mass is 10.1. The molecule has 0 bridgehead atoms. The lowest BCUT2D eigenvalue weighted by molar-refractivity contribution is 0.280. The topological polar surface area (TPSA) is 106 Å². The Bertz CT molecular complexity index is 989. The van der Waals surface area contributed by atoms with E-state index in [1.807, 2.05) is 35.1 Å². The van der Waals surface area contributed by atoms with Crippen molar-refractivity contribution in [1.29, 1.82) is 0 Å². The van der Waals surface area contributed by atoms with Crippen LogP contribution in [-0.2, 0) is 6.54 Å². The molecule has 0 radical (unpaired) electrons. The van der Waals surface area contributed by atoms with Crippen molar-refractivity contribution >= 4 is 27.6 Å². The molecule has 4 aromatic rings. The lowest BCUT2D eigenvalue weighted by Gasteiger charge is -2.03. The number of nitrogens with two attached hydrogens (primary N) is 1. The molecule has 3 aromatic heterocycles. The number of fused-ring (bicyclic) bond motifs is 3. The zero-order valence-corrected chi connectivity index (χ0v) is 13.1. The number of unbranched alkanes of at least 4 members (excludes halogenated alkanes) is 1. The van der Waals surface area contributed by atoms with E-state index in [4.69, 9.17) is 10.8 Å². The van der Waals surface area contributed by atoms with Crippen molar-refractivity contribution in [3.8, 4) is 11.3 Å². The Hall–Kier alpha value is -2.93. The minimum absolute atomic E-state index is 0.198. The van der Waals surface area contributed by atoms with Crippen LogP contribution in [0, 0.1) is 0 Å². The van der Waals surface area contributed by atoms with Gasteiger partial charge in [0.1, 0.15) is 11.3 Å². The van der Waals surface area contributed by atoms with E-state index in [0.717, 1.165) is 52.4 Å². The lowest BCUT2D eigenvalue weighted by Crippen LogP contribution is -1.99. The Morgan fingerprint density at radius 3 is 2.88 bits per heavy atom. The molecule has 0 saturated carbocycles. The molecule has 4 N–H and O–H groups in total. The number of pyridine rings is 1. The minimum Gasteiger partial charge on any atom is -0.396 e. The second kappa shape index (κ2) is 5.93. The highest BCUT2D eigenvalue weighted by Gasteiger charge is 2.12. The van der Waals surface area contributed by atoms with Crippen LogP contribution in [0.25, 0.3) is 33.1 Å². The van der Waals surface area contributed by atoms with Crippen molar-refractivity contribution in [1.82, 2.24) is 25.0 Å². The van der Waals surface area contributed by atoms with Gasteiger partial charge in [-0.15, -0.1) is 0 Å². The zero-order chi connectivity index (χ0) is 16.5. The van der Waals surface area contributed by atoms with Gasteiger partial charge in [-0.05, 0) is 31.0 Å². The van der Waals surface area contributed by atoms with Gasteiger partial charge >= 0.3 is 0 Å². The third-order valence-corrected chi connectivity index (χ3v) is 4.14. The maximum absolute atomic E-state index is 8.91. The van der Waals surface area contributed by atoms with Crippen molar-refractivity contribution in [2.45, 2.75) is 19.4 Å². The highest BCUT2D eigenvalue weighted by molar-refractivity contribution is 6.08. The number of nitrogens with zero attached hydrogens (tertiary/aromatic N) is 4. The highest BCUT2D eigenvalue weighted by atomic mass is 16.2. The number of nitrogen functional groups attached to an aromatic ring is 1. The van der Waals surface area contributed by atoms with E-state index in [1.54, 1.807) is 6.20 Å². The maximum Gasteiger partial charge on any atom is 0.135 e. The van der Waals surface area contributed by atoms with Crippen LogP contribution in [0.5, 0.6) is 0 Å². The Labute approximate surface area is 138 Å². The van der Waals surface area contributed by atoms with Gasteiger partial charge in [-0.25, -0.2) is 4.98 Å². The van der Waals surface area contributed by atoms with Gasteiger partial charge in [0.15, 0.2) is 0 Å². The SMILES string of the molecule is Nc1nc2cc(-c3ccn[nH]3)ccc2c2nn(CCCCO)cc12. The number of rotatable bonds is 5. The van der Waals surface area contributed by atoms with E-state index < -0.39 is 0 Å². The quantitative estimate of drug-likeness (QED) is 0.489. The van der Waals surface area contributed by atoms with Crippen LogP contribution in [0.4, 0.5) is 5.82 Å². The highest BCUT2D eigenvalue weighted by Crippen LogP contribution is 2.29. The molecule has 0 amide bonds. The first-order valence-electron chi connectivity index (χ1n) is 7.93. The molecule has 0 aliphatic carbocycles. The third kappa shape index (κ3) is 2.48. The van der Waals surface area contributed by atoms with Gasteiger partial charge < -0.3 is 10.8 Å². The summed E-state index contributed by atoms with van der Waals surface area (Å²) in [6, 6.07) is 7.95. The molecule has 0 aliphatic heterocycles. The van der Waals surface area contributed by atoms with Crippen LogP contribution >= 0.6 is 0 Å². The summed E-state index contributed by atoms with van der Waals surface area (Å²) < 4.78 is 1.88. The number of hydrogen-bond acceptors (Lipinski definition) is 5. The molecule has 24 heavy (non-hydrogen) atoms. The number of nitrogens with one attached hydrogen (secondary N) is 1. The number of aliphatic hydroxyl groups excluding tert-OH is 1. The molecule has 4 rings (SSSR count). The van der Waals surface area contributed by atoms with Gasteiger partial charge in [0.25, 0.3) is 0 Å². The molecule has 7 heteroatoms. The summed E-state index contributed by atoms with van der Waals surface area (Å²) in [6.07, 6.45) is 5.29. The van der Waals surface area contributed by atoms with Crippen LogP contribution in [-0.4, -0.2) is 36.7 Å². The second-order valence-corrected chi connectivity index (χ2v) is 5.78. The van der Waals surface area contributed by atoms with Gasteiger partial charge in [-0.1, -0.05) is 6.07 Å². The Morgan fingerprint density at radius 1 is 1.17 bits per heavy atom. The minimum atomic E-state index is 0.198. The fourth-order valence-electron chi connectivity index (χ4n) is 2.91. The van der Waals surface area contributed by atoms with Gasteiger partial charge in [0.2, 0.25) is 0 Å². The molecule has 0 fully saturated rings. The number of aromatic amines is 1. The van der Waals surface area contributed by atoms with Crippen LogP contribution in [0.15, 0.2) is 36.7 Å². The number of hydrogen-bond donors (Lipinski definition) is 3. The fourth-order valence-corrected chi connectivity index (χ4v) is 2.91. The largest absolute Gasteiger partial charge is 0.396 e. The van der Waals surface area contributed by atoms with Crippen molar-refractivity contribution in [3.05, 3.63) is 36.7 Å². The predicted octanol–water partition coefficient (Wildman–Crippen LogP) is 2.33. The maximum atomic E-state index is 8.91. The van der Waals surface area contributed by atoms with Crippen molar-refractivity contribution in [2.24, 2.45) is 0 Å². The summed E-state index contributed by atoms with van der Waals surface area (Å²) in [5.74, 6) is 0.479. The van der Waals surface area contributed by atoms with Crippen LogP contribution in [0.1, 0.15) is 12.8 Å². The summed E-state index contributed by atoms with van der Waals surface area (Å²) in [5, 5.41) is 22.3. The van der Waals surface area contributed by atoms with Gasteiger partial charge in [0.05, 0.1) is 16.6 Å². The number of aliphatic hydroxyl groups is 1. The second-order valence-electron chi connectivity index (χ2n) is 5.78. The van der Waals surface area contributed by atoms with E-state index >= 15 is 0 Å². The predicted molar refractivity (Wildman–Crippen MR) is 93.3 cm³/mol. The Balaban J connectivity index is 1.81. The monoisotopic (exact) mass is 322 g/mol. The van der Waals surface area contributed by atoms with E-state index in [-0.39, 0.29) is 6.61 Å². The van der Waals surface area contributed by atoms with E-state index in [2.05, 4.69) is 20.3 Å². The average Bonchev–Trinajstić information content (AvgIpc) is 3.25. The molecule has 0 spiro atoms. The summed E-state index contributed by atoms with van der Waals surface area (Å²) in [4.78, 5) is 4.53. The number of H-pyrrole nitrogens is 1. The normalized spacial score (nSPS) is 11.5. The Kier molecular flexibility index (Phi) is 3.62. The van der Waals surface area contributed by atoms with E-state index in [0.29, 0.717) is 5.82 Å². The van der Waals surface area contributed by atoms with E-state index in [1.165, 1.54) is 0 Å². The molecule has 0 atom stereocenters. The molecular weight excluding hydrogens is 304 g/mol. The van der Waals surface area contributed by atoms with Crippen LogP contribution in [0.2, 0.25) is 0 Å². The molecule has 7 nitrogen and oxygen atoms in total. The number of benzene rings is 1. The first-order chi connectivity index (χ1) is 11.8. The Morgan fingerprint density at radius 2 is 2.08 bits per heavy atom. The molecule has 1 aromatic carbocycles. The van der Waals surface area contributed by atoms with Crippen molar-refractivity contribution < 1.29 is 5.11 Å². The van der Waals surface area contributed by atoms with Crippen molar-refractivity contribution in [3.63, 3.8) is 0 Å². The third-order valence-electron chi connectivity index (χ3n) is 4.14. The van der Waals surface area contributed by atoms with E-state index in [9.17, 15) is 0 Å². The summed E-state index contributed by atoms with van der Waals surface area (Å²) >= 11 is 0. The summed E-state index contributed by atoms with van der Waals surface area (Å²) in [6.45, 7) is 0.951. The average molecular weight is 322 g/mol. The molecule has 0 saturated heterocycles. The smallest absolute Gasteiger partial charge is 0.135 e. The number of aryl methyl sites for hydroxylation is 1. The van der Waals surface area contributed by atoms with Crippen LogP contribution < -0.4 is 5.73 Å². The molecule has 0 aliphatic rings. The van der Waals surface area contributed by atoms with Crippen molar-refractivity contribution in [2.75, 3.05) is 12.3 Å². The van der Waals surface area contributed by atoms with Crippen LogP contribution in [0.3, 0.4) is 0 Å². The number of anilines is 1. The summed E-state index contributed by atoms with van der Waals surface area (Å²) in [5.41, 5.74) is 9.75. The molecular formula is C17H18N6O. The molecule has 3 heterocycles. The van der Waals surface area contributed by atoms with Gasteiger partial charge in [-0.3, -0.25) is 9.78 Å². The zero-order valence-electron chi connectivity index (χ0n) is 13.1. The van der Waals surface area contributed by atoms with Gasteiger partial charge in [-0.2, -0.15) is 10.2 Å².